The van der Waals surface area contributed by atoms with E-state index < -0.39 is 10.0 Å². The van der Waals surface area contributed by atoms with Gasteiger partial charge in [-0.1, -0.05) is 0 Å². The van der Waals surface area contributed by atoms with E-state index in [0.29, 0.717) is 0 Å². The van der Waals surface area contributed by atoms with Gasteiger partial charge >= 0.3 is 0 Å². The molecule has 0 aromatic carbocycles. The number of aromatic nitrogens is 2. The number of aromatic amines is 1. The van der Waals surface area contributed by atoms with Crippen molar-refractivity contribution in [1.29, 1.82) is 5.26 Å². The molecule has 0 aliphatic carbocycles. The van der Waals surface area contributed by atoms with Crippen molar-refractivity contribution in [2.75, 3.05) is 6.54 Å². The number of sulfonamides is 1. The molecule has 1 rings (SSSR count). The summed E-state index contributed by atoms with van der Waals surface area (Å²) in [6, 6.07) is 1.66. The average molecular weight is 186 g/mol. The predicted octanol–water partition coefficient (Wildman–Crippen LogP) is -0.788. The summed E-state index contributed by atoms with van der Waals surface area (Å²) in [6.07, 6.45) is 2.42. The maximum absolute atomic E-state index is 11.1. The van der Waals surface area contributed by atoms with Gasteiger partial charge in [-0.25, -0.2) is 13.4 Å². The second-order valence-electron chi connectivity index (χ2n) is 1.90. The van der Waals surface area contributed by atoms with Crippen molar-refractivity contribution in [1.82, 2.24) is 14.7 Å². The van der Waals surface area contributed by atoms with Crippen LogP contribution < -0.4 is 4.72 Å². The fourth-order valence-corrected chi connectivity index (χ4v) is 1.41. The standard InChI is InChI=1S/C5H6N4O2S/c6-1-2-9-12(10,11)5-3-7-4-8-5/h3-4,9H,2H2,(H,7,8). The topological polar surface area (TPSA) is 98.6 Å². The van der Waals surface area contributed by atoms with E-state index >= 15 is 0 Å². The van der Waals surface area contributed by atoms with E-state index in [0.717, 1.165) is 0 Å². The molecule has 0 fully saturated rings. The Morgan fingerprint density at radius 2 is 2.50 bits per heavy atom. The lowest BCUT2D eigenvalue weighted by Crippen LogP contribution is -2.24. The summed E-state index contributed by atoms with van der Waals surface area (Å²) >= 11 is 0. The van der Waals surface area contributed by atoms with E-state index in [-0.39, 0.29) is 11.6 Å². The zero-order chi connectivity index (χ0) is 9.03. The largest absolute Gasteiger partial charge is 0.335 e. The maximum Gasteiger partial charge on any atom is 0.258 e. The number of hydrogen-bond acceptors (Lipinski definition) is 4. The van der Waals surface area contributed by atoms with Gasteiger partial charge in [0.15, 0.2) is 5.03 Å². The van der Waals surface area contributed by atoms with Crippen LogP contribution in [0.2, 0.25) is 0 Å². The molecule has 2 N–H and O–H groups in total. The van der Waals surface area contributed by atoms with Crippen LogP contribution in [-0.4, -0.2) is 24.9 Å². The molecule has 64 valence electrons. The minimum Gasteiger partial charge on any atom is -0.335 e. The normalized spacial score (nSPS) is 10.9. The van der Waals surface area contributed by atoms with E-state index in [1.165, 1.54) is 12.5 Å². The van der Waals surface area contributed by atoms with E-state index in [4.69, 9.17) is 5.26 Å². The first-order chi connectivity index (χ1) is 5.67. The fraction of sp³-hybridized carbons (Fsp3) is 0.200. The van der Waals surface area contributed by atoms with Gasteiger partial charge in [0, 0.05) is 0 Å². The van der Waals surface area contributed by atoms with Gasteiger partial charge in [0.05, 0.1) is 25.1 Å². The van der Waals surface area contributed by atoms with Crippen molar-refractivity contribution < 1.29 is 8.42 Å². The molecule has 7 heteroatoms. The number of hydrogen-bond donors (Lipinski definition) is 2. The van der Waals surface area contributed by atoms with Crippen molar-refractivity contribution in [3.8, 4) is 6.07 Å². The van der Waals surface area contributed by atoms with Gasteiger partial charge in [-0.3, -0.25) is 0 Å². The maximum atomic E-state index is 11.1. The first-order valence-electron chi connectivity index (χ1n) is 3.02. The molecule has 0 amide bonds. The lowest BCUT2D eigenvalue weighted by Gasteiger charge is -1.97. The van der Waals surface area contributed by atoms with E-state index in [9.17, 15) is 8.42 Å². The lowest BCUT2D eigenvalue weighted by molar-refractivity contribution is 0.582. The van der Waals surface area contributed by atoms with Crippen molar-refractivity contribution in [2.24, 2.45) is 0 Å². The molecule has 0 spiro atoms. The highest BCUT2D eigenvalue weighted by molar-refractivity contribution is 7.89. The summed E-state index contributed by atoms with van der Waals surface area (Å²) in [6.45, 7) is -0.249. The van der Waals surface area contributed by atoms with E-state index in [1.54, 1.807) is 6.07 Å². The first-order valence-corrected chi connectivity index (χ1v) is 4.50. The highest BCUT2D eigenvalue weighted by atomic mass is 32.2. The van der Waals surface area contributed by atoms with Crippen LogP contribution in [0.4, 0.5) is 0 Å². The van der Waals surface area contributed by atoms with Crippen LogP contribution in [0.1, 0.15) is 0 Å². The second kappa shape index (κ2) is 3.34. The van der Waals surface area contributed by atoms with Gasteiger partial charge in [-0.05, 0) is 0 Å². The molecule has 0 saturated heterocycles. The van der Waals surface area contributed by atoms with Gasteiger partial charge in [0.2, 0.25) is 0 Å². The Hall–Kier alpha value is -1.39. The monoisotopic (exact) mass is 186 g/mol. The van der Waals surface area contributed by atoms with Crippen LogP contribution in [0.15, 0.2) is 17.6 Å². The molecule has 0 unspecified atom stereocenters. The van der Waals surface area contributed by atoms with Crippen LogP contribution in [-0.2, 0) is 10.0 Å². The van der Waals surface area contributed by atoms with Crippen LogP contribution >= 0.6 is 0 Å². The minimum absolute atomic E-state index is 0.0437. The Labute approximate surface area is 69.3 Å². The summed E-state index contributed by atoms with van der Waals surface area (Å²) in [5.74, 6) is 0. The molecule has 0 aliphatic rings. The van der Waals surface area contributed by atoms with Gasteiger partial charge in [-0.2, -0.15) is 9.98 Å². The van der Waals surface area contributed by atoms with Crippen LogP contribution in [0, 0.1) is 11.3 Å². The number of nitrogens with one attached hydrogen (secondary N) is 2. The van der Waals surface area contributed by atoms with Gasteiger partial charge in [-0.15, -0.1) is 0 Å². The van der Waals surface area contributed by atoms with Crippen molar-refractivity contribution in [2.45, 2.75) is 5.03 Å². The van der Waals surface area contributed by atoms with Crippen molar-refractivity contribution in [3.05, 3.63) is 12.5 Å². The summed E-state index contributed by atoms with van der Waals surface area (Å²) in [5, 5.41) is 8.08. The molecule has 0 aliphatic heterocycles. The molecular formula is C5H6N4O2S. The highest BCUT2D eigenvalue weighted by Crippen LogP contribution is 2.00. The lowest BCUT2D eigenvalue weighted by atomic mass is 10.8. The van der Waals surface area contributed by atoms with E-state index in [1.807, 2.05) is 0 Å². The fourth-order valence-electron chi connectivity index (χ4n) is 0.595. The average Bonchev–Trinajstić information content (AvgIpc) is 2.53. The number of rotatable bonds is 3. The molecule has 1 aromatic rings. The Kier molecular flexibility index (Phi) is 2.42. The molecule has 0 saturated carbocycles. The SMILES string of the molecule is N#CCNS(=O)(=O)c1cnc[nH]1. The molecule has 0 radical (unpaired) electrons. The zero-order valence-electron chi connectivity index (χ0n) is 5.98. The third-order valence-electron chi connectivity index (χ3n) is 1.10. The third-order valence-corrected chi connectivity index (χ3v) is 2.43. The van der Waals surface area contributed by atoms with Crippen LogP contribution in [0.25, 0.3) is 0 Å². The molecule has 0 bridgehead atoms. The first kappa shape index (κ1) is 8.70. The molecule has 12 heavy (non-hydrogen) atoms. The molecule has 0 atom stereocenters. The van der Waals surface area contributed by atoms with Crippen LogP contribution in [0.3, 0.4) is 0 Å². The number of imidazole rings is 1. The molecule has 6 nitrogen and oxygen atoms in total. The zero-order valence-corrected chi connectivity index (χ0v) is 6.80. The number of H-pyrrole nitrogens is 1. The quantitative estimate of drug-likeness (QED) is 0.604. The Morgan fingerprint density at radius 3 is 3.00 bits per heavy atom. The number of nitrogens with zero attached hydrogens (tertiary/aromatic N) is 2. The van der Waals surface area contributed by atoms with Crippen LogP contribution in [0.5, 0.6) is 0 Å². The second-order valence-corrected chi connectivity index (χ2v) is 3.63. The smallest absolute Gasteiger partial charge is 0.258 e. The van der Waals surface area contributed by atoms with Crippen molar-refractivity contribution >= 4 is 10.0 Å². The van der Waals surface area contributed by atoms with Crippen molar-refractivity contribution in [3.63, 3.8) is 0 Å². The Balaban J connectivity index is 2.83. The highest BCUT2D eigenvalue weighted by Gasteiger charge is 2.13. The van der Waals surface area contributed by atoms with E-state index in [2.05, 4.69) is 14.7 Å². The summed E-state index contributed by atoms with van der Waals surface area (Å²) < 4.78 is 24.3. The summed E-state index contributed by atoms with van der Waals surface area (Å²) in [5.41, 5.74) is 0. The number of nitriles is 1. The minimum atomic E-state index is -3.57. The summed E-state index contributed by atoms with van der Waals surface area (Å²) in [4.78, 5) is 5.95. The Morgan fingerprint density at radius 1 is 1.75 bits per heavy atom. The van der Waals surface area contributed by atoms with Gasteiger partial charge in [0.25, 0.3) is 10.0 Å². The molecule has 1 aromatic heterocycles. The Bertz CT molecular complexity index is 374. The summed E-state index contributed by atoms with van der Waals surface area (Å²) in [7, 11) is -3.57. The molecular weight excluding hydrogens is 180 g/mol. The predicted molar refractivity (Wildman–Crippen MR) is 39.4 cm³/mol. The third kappa shape index (κ3) is 1.81. The molecule has 1 heterocycles. The van der Waals surface area contributed by atoms with Gasteiger partial charge in [0.1, 0.15) is 0 Å². The van der Waals surface area contributed by atoms with Gasteiger partial charge < -0.3 is 4.98 Å².